The number of hydrogen-bond acceptors (Lipinski definition) is 1. The fourth-order valence-corrected chi connectivity index (χ4v) is 1.78. The second-order valence-corrected chi connectivity index (χ2v) is 4.32. The van der Waals surface area contributed by atoms with Crippen molar-refractivity contribution in [3.63, 3.8) is 0 Å². The van der Waals surface area contributed by atoms with Crippen LogP contribution in [0.15, 0.2) is 24.3 Å². The topological polar surface area (TPSA) is 29.1 Å². The number of carbonyl (C=O) groups excluding carboxylic acids is 1. The van der Waals surface area contributed by atoms with Gasteiger partial charge in [0, 0.05) is 16.0 Å². The minimum absolute atomic E-state index is 0.0277. The Hall–Kier alpha value is -0.290. The molecule has 1 rings (SSSR count). The summed E-state index contributed by atoms with van der Waals surface area (Å²) in [6.45, 7) is 0.632. The molecule has 0 saturated heterocycles. The first-order valence-electron chi connectivity index (χ1n) is 4.34. The normalized spacial score (nSPS) is 9.86. The molecule has 1 aromatic carbocycles. The van der Waals surface area contributed by atoms with E-state index in [1.165, 1.54) is 0 Å². The molecule has 0 unspecified atom stereocenters. The third-order valence-electron chi connectivity index (χ3n) is 1.71. The Morgan fingerprint density at radius 3 is 2.79 bits per heavy atom. The number of nitrogens with one attached hydrogen (secondary N) is 1. The molecule has 0 aromatic heterocycles. The van der Waals surface area contributed by atoms with Gasteiger partial charge in [-0.1, -0.05) is 12.1 Å². The van der Waals surface area contributed by atoms with Gasteiger partial charge in [-0.25, -0.2) is 0 Å². The van der Waals surface area contributed by atoms with Crippen LogP contribution in [-0.4, -0.2) is 18.3 Å². The molecule has 0 bridgehead atoms. The van der Waals surface area contributed by atoms with Crippen molar-refractivity contribution >= 4 is 40.1 Å². The van der Waals surface area contributed by atoms with Crippen molar-refractivity contribution in [2.24, 2.45) is 0 Å². The Balaban J connectivity index is 2.56. The third kappa shape index (κ3) is 3.46. The maximum absolute atomic E-state index is 11.6. The molecule has 1 N–H and O–H groups in total. The van der Waals surface area contributed by atoms with Gasteiger partial charge in [0.25, 0.3) is 5.91 Å². The van der Waals surface area contributed by atoms with Crippen LogP contribution in [0.25, 0.3) is 0 Å². The molecule has 76 valence electrons. The fraction of sp³-hybridized carbons (Fsp3) is 0.300. The van der Waals surface area contributed by atoms with Gasteiger partial charge in [0.2, 0.25) is 0 Å². The summed E-state index contributed by atoms with van der Waals surface area (Å²) in [7, 11) is 0. The number of carbonyl (C=O) groups is 1. The Kier molecular flexibility index (Phi) is 5.25. The van der Waals surface area contributed by atoms with Crippen LogP contribution >= 0.6 is 34.2 Å². The van der Waals surface area contributed by atoms with E-state index < -0.39 is 0 Å². The van der Waals surface area contributed by atoms with Gasteiger partial charge in [-0.3, -0.25) is 4.79 Å². The van der Waals surface area contributed by atoms with Crippen LogP contribution in [-0.2, 0) is 0 Å². The van der Waals surface area contributed by atoms with E-state index in [2.05, 4.69) is 27.9 Å². The van der Waals surface area contributed by atoms with E-state index in [4.69, 9.17) is 11.6 Å². The number of alkyl halides is 1. The van der Waals surface area contributed by atoms with Gasteiger partial charge in [0.1, 0.15) is 0 Å². The molecule has 0 fully saturated rings. The van der Waals surface area contributed by atoms with Crippen LogP contribution in [0.3, 0.4) is 0 Å². The summed E-state index contributed by atoms with van der Waals surface area (Å²) in [5.41, 5.74) is 0.725. The number of amides is 1. The molecular formula is C10H11ClINO. The lowest BCUT2D eigenvalue weighted by Gasteiger charge is -2.05. The predicted octanol–water partition coefficient (Wildman–Crippen LogP) is 2.65. The Labute approximate surface area is 102 Å². The molecule has 4 heteroatoms. The SMILES string of the molecule is O=C(NCCCCl)c1ccccc1I. The van der Waals surface area contributed by atoms with Crippen LogP contribution < -0.4 is 5.32 Å². The van der Waals surface area contributed by atoms with Gasteiger partial charge in [0.15, 0.2) is 0 Å². The first-order chi connectivity index (χ1) is 6.75. The van der Waals surface area contributed by atoms with Gasteiger partial charge in [-0.2, -0.15) is 0 Å². The van der Waals surface area contributed by atoms with Crippen LogP contribution in [0.1, 0.15) is 16.8 Å². The van der Waals surface area contributed by atoms with E-state index in [1.807, 2.05) is 24.3 Å². The summed E-state index contributed by atoms with van der Waals surface area (Å²) >= 11 is 7.66. The molecule has 0 spiro atoms. The summed E-state index contributed by atoms with van der Waals surface area (Å²) in [6.07, 6.45) is 0.802. The molecule has 0 aliphatic carbocycles. The van der Waals surface area contributed by atoms with Gasteiger partial charge >= 0.3 is 0 Å². The lowest BCUT2D eigenvalue weighted by Crippen LogP contribution is -2.25. The quantitative estimate of drug-likeness (QED) is 0.515. The maximum Gasteiger partial charge on any atom is 0.252 e. The van der Waals surface area contributed by atoms with Crippen molar-refractivity contribution in [3.8, 4) is 0 Å². The van der Waals surface area contributed by atoms with E-state index >= 15 is 0 Å². The molecule has 0 heterocycles. The second kappa shape index (κ2) is 6.24. The van der Waals surface area contributed by atoms with E-state index in [9.17, 15) is 4.79 Å². The first-order valence-corrected chi connectivity index (χ1v) is 5.95. The third-order valence-corrected chi connectivity index (χ3v) is 2.92. The standard InChI is InChI=1S/C10H11ClINO/c11-6-3-7-13-10(14)8-4-1-2-5-9(8)12/h1-2,4-5H,3,6-7H2,(H,13,14). The van der Waals surface area contributed by atoms with Crippen LogP contribution in [0.5, 0.6) is 0 Å². The number of halogens is 2. The van der Waals surface area contributed by atoms with E-state index in [0.29, 0.717) is 12.4 Å². The van der Waals surface area contributed by atoms with Crippen LogP contribution in [0.2, 0.25) is 0 Å². The largest absolute Gasteiger partial charge is 0.352 e. The van der Waals surface area contributed by atoms with Crippen LogP contribution in [0, 0.1) is 3.57 Å². The lowest BCUT2D eigenvalue weighted by molar-refractivity contribution is 0.0953. The van der Waals surface area contributed by atoms with Crippen molar-refractivity contribution in [1.29, 1.82) is 0 Å². The summed E-state index contributed by atoms with van der Waals surface area (Å²) in [4.78, 5) is 11.6. The summed E-state index contributed by atoms with van der Waals surface area (Å²) in [5.74, 6) is 0.548. The van der Waals surface area contributed by atoms with Gasteiger partial charge in [-0.05, 0) is 41.1 Å². The van der Waals surface area contributed by atoms with E-state index in [0.717, 1.165) is 15.6 Å². The number of hydrogen-bond donors (Lipinski definition) is 1. The minimum atomic E-state index is -0.0277. The highest BCUT2D eigenvalue weighted by Crippen LogP contribution is 2.10. The average Bonchev–Trinajstić information content (AvgIpc) is 2.18. The van der Waals surface area contributed by atoms with E-state index in [-0.39, 0.29) is 5.91 Å². The molecule has 0 atom stereocenters. The van der Waals surface area contributed by atoms with E-state index in [1.54, 1.807) is 0 Å². The maximum atomic E-state index is 11.6. The average molecular weight is 324 g/mol. The van der Waals surface area contributed by atoms with Crippen molar-refractivity contribution in [1.82, 2.24) is 5.32 Å². The molecule has 0 aliphatic heterocycles. The van der Waals surface area contributed by atoms with Crippen molar-refractivity contribution in [2.45, 2.75) is 6.42 Å². The Bertz CT molecular complexity index is 317. The summed E-state index contributed by atoms with van der Waals surface area (Å²) in [5, 5.41) is 2.81. The Morgan fingerprint density at radius 2 is 2.14 bits per heavy atom. The predicted molar refractivity (Wildman–Crippen MR) is 66.8 cm³/mol. The molecule has 2 nitrogen and oxygen atoms in total. The lowest BCUT2D eigenvalue weighted by atomic mass is 10.2. The molecule has 1 amide bonds. The fourth-order valence-electron chi connectivity index (χ4n) is 1.01. The van der Waals surface area contributed by atoms with Gasteiger partial charge in [0.05, 0.1) is 5.56 Å². The highest BCUT2D eigenvalue weighted by molar-refractivity contribution is 14.1. The Morgan fingerprint density at radius 1 is 1.43 bits per heavy atom. The second-order valence-electron chi connectivity index (χ2n) is 2.78. The molecule has 0 saturated carbocycles. The highest BCUT2D eigenvalue weighted by Gasteiger charge is 2.07. The number of benzene rings is 1. The van der Waals surface area contributed by atoms with Gasteiger partial charge in [-0.15, -0.1) is 11.6 Å². The van der Waals surface area contributed by atoms with Crippen molar-refractivity contribution in [3.05, 3.63) is 33.4 Å². The van der Waals surface area contributed by atoms with Crippen molar-refractivity contribution < 1.29 is 4.79 Å². The molecule has 0 radical (unpaired) electrons. The molecular weight excluding hydrogens is 312 g/mol. The zero-order chi connectivity index (χ0) is 10.4. The zero-order valence-electron chi connectivity index (χ0n) is 7.59. The monoisotopic (exact) mass is 323 g/mol. The number of rotatable bonds is 4. The molecule has 14 heavy (non-hydrogen) atoms. The van der Waals surface area contributed by atoms with Crippen LogP contribution in [0.4, 0.5) is 0 Å². The minimum Gasteiger partial charge on any atom is -0.352 e. The zero-order valence-corrected chi connectivity index (χ0v) is 10.5. The smallest absolute Gasteiger partial charge is 0.252 e. The van der Waals surface area contributed by atoms with Gasteiger partial charge < -0.3 is 5.32 Å². The highest BCUT2D eigenvalue weighted by atomic mass is 127. The first kappa shape index (κ1) is 11.8. The molecule has 0 aliphatic rings. The summed E-state index contributed by atoms with van der Waals surface area (Å²) in [6, 6.07) is 7.50. The summed E-state index contributed by atoms with van der Waals surface area (Å²) < 4.78 is 0.966. The molecule has 1 aromatic rings. The van der Waals surface area contributed by atoms with Crippen molar-refractivity contribution in [2.75, 3.05) is 12.4 Å².